The number of para-hydroxylation sites is 1. The first-order valence-electron chi connectivity index (χ1n) is 8.07. The number of amides is 3. The van der Waals surface area contributed by atoms with E-state index < -0.39 is 24.5 Å². The summed E-state index contributed by atoms with van der Waals surface area (Å²) < 4.78 is 5.80. The van der Waals surface area contributed by atoms with Crippen molar-refractivity contribution in [2.75, 3.05) is 6.54 Å². The van der Waals surface area contributed by atoms with E-state index in [1.165, 1.54) is 6.08 Å². The number of hydrogen-bond donors (Lipinski definition) is 2. The van der Waals surface area contributed by atoms with Crippen LogP contribution in [0.1, 0.15) is 11.1 Å². The maximum absolute atomic E-state index is 12.3. The van der Waals surface area contributed by atoms with Crippen molar-refractivity contribution in [1.82, 2.24) is 10.2 Å². The second-order valence-electron chi connectivity index (χ2n) is 5.84. The zero-order chi connectivity index (χ0) is 20.3. The van der Waals surface area contributed by atoms with Crippen LogP contribution >= 0.6 is 23.2 Å². The third-order valence-electron chi connectivity index (χ3n) is 3.87. The number of hydrogen-bond acceptors (Lipinski definition) is 4. The SMILES string of the molecule is O=C(O)CN1C(=O)N/C(=C/c2ccccc2OCc2ccc(Cl)cc2Cl)C1=O. The topological polar surface area (TPSA) is 95.9 Å². The number of nitrogens with zero attached hydrogens (tertiary/aromatic N) is 1. The van der Waals surface area contributed by atoms with E-state index in [0.717, 1.165) is 5.56 Å². The van der Waals surface area contributed by atoms with Crippen LogP contribution in [0.15, 0.2) is 48.2 Å². The number of rotatable bonds is 6. The van der Waals surface area contributed by atoms with Gasteiger partial charge in [0.2, 0.25) is 0 Å². The molecule has 1 saturated heterocycles. The molecule has 7 nitrogen and oxygen atoms in total. The van der Waals surface area contributed by atoms with Crippen LogP contribution in [0.3, 0.4) is 0 Å². The summed E-state index contributed by atoms with van der Waals surface area (Å²) in [5.41, 5.74) is 1.23. The van der Waals surface area contributed by atoms with Gasteiger partial charge in [0, 0.05) is 21.2 Å². The number of aliphatic carboxylic acids is 1. The van der Waals surface area contributed by atoms with Crippen molar-refractivity contribution in [2.45, 2.75) is 6.61 Å². The van der Waals surface area contributed by atoms with Gasteiger partial charge in [-0.3, -0.25) is 9.59 Å². The number of carboxylic acid groups (broad SMARTS) is 1. The molecule has 0 atom stereocenters. The van der Waals surface area contributed by atoms with Gasteiger partial charge in [0.15, 0.2) is 0 Å². The average Bonchev–Trinajstić information content (AvgIpc) is 2.89. The van der Waals surface area contributed by atoms with Crippen molar-refractivity contribution >= 4 is 47.2 Å². The van der Waals surface area contributed by atoms with Gasteiger partial charge in [0.25, 0.3) is 5.91 Å². The first-order chi connectivity index (χ1) is 13.3. The van der Waals surface area contributed by atoms with Gasteiger partial charge >= 0.3 is 12.0 Å². The number of benzene rings is 2. The first kappa shape index (κ1) is 19.7. The zero-order valence-corrected chi connectivity index (χ0v) is 15.8. The van der Waals surface area contributed by atoms with Crippen molar-refractivity contribution in [3.05, 3.63) is 69.3 Å². The second-order valence-corrected chi connectivity index (χ2v) is 6.68. The van der Waals surface area contributed by atoms with Crippen molar-refractivity contribution in [3.63, 3.8) is 0 Å². The molecule has 0 aromatic heterocycles. The summed E-state index contributed by atoms with van der Waals surface area (Å²) in [6, 6.07) is 11.2. The predicted octanol–water partition coefficient (Wildman–Crippen LogP) is 3.55. The van der Waals surface area contributed by atoms with Crippen LogP contribution in [0, 0.1) is 0 Å². The largest absolute Gasteiger partial charge is 0.488 e. The Morgan fingerprint density at radius 2 is 1.93 bits per heavy atom. The Labute approximate surface area is 170 Å². The van der Waals surface area contributed by atoms with Gasteiger partial charge < -0.3 is 15.2 Å². The monoisotopic (exact) mass is 420 g/mol. The Hall–Kier alpha value is -3.03. The van der Waals surface area contributed by atoms with Crippen molar-refractivity contribution in [3.8, 4) is 5.75 Å². The van der Waals surface area contributed by atoms with E-state index >= 15 is 0 Å². The number of ether oxygens (including phenoxy) is 1. The van der Waals surface area contributed by atoms with Crippen LogP contribution in [-0.2, 0) is 16.2 Å². The fourth-order valence-electron chi connectivity index (χ4n) is 2.53. The minimum absolute atomic E-state index is 0.0353. The lowest BCUT2D eigenvalue weighted by Crippen LogP contribution is -2.35. The van der Waals surface area contributed by atoms with Crippen molar-refractivity contribution in [2.24, 2.45) is 0 Å². The summed E-state index contributed by atoms with van der Waals surface area (Å²) >= 11 is 12.0. The number of carboxylic acids is 1. The summed E-state index contributed by atoms with van der Waals surface area (Å²) in [5.74, 6) is -1.55. The molecule has 144 valence electrons. The van der Waals surface area contributed by atoms with Gasteiger partial charge in [-0.25, -0.2) is 9.69 Å². The zero-order valence-electron chi connectivity index (χ0n) is 14.3. The molecule has 0 spiro atoms. The Morgan fingerprint density at radius 1 is 1.18 bits per heavy atom. The molecular formula is C19H14Cl2N2O5. The van der Waals surface area contributed by atoms with E-state index in [2.05, 4.69) is 5.32 Å². The van der Waals surface area contributed by atoms with Crippen LogP contribution in [0.25, 0.3) is 6.08 Å². The molecule has 0 radical (unpaired) electrons. The molecule has 1 aliphatic heterocycles. The summed E-state index contributed by atoms with van der Waals surface area (Å²) in [5, 5.41) is 12.2. The maximum atomic E-state index is 12.3. The highest BCUT2D eigenvalue weighted by Crippen LogP contribution is 2.26. The lowest BCUT2D eigenvalue weighted by Gasteiger charge is -2.11. The standard InChI is InChI=1S/C19H14Cl2N2O5/c20-13-6-5-12(14(21)8-13)10-28-16-4-2-1-3-11(16)7-15-18(26)23(9-17(24)25)19(27)22-15/h1-8H,9-10H2,(H,22,27)(H,24,25)/b15-7+. The highest BCUT2D eigenvalue weighted by Gasteiger charge is 2.35. The van der Waals surface area contributed by atoms with E-state index in [1.807, 2.05) is 0 Å². The Bertz CT molecular complexity index is 990. The third kappa shape index (κ3) is 4.44. The van der Waals surface area contributed by atoms with E-state index in [1.54, 1.807) is 42.5 Å². The normalized spacial score (nSPS) is 15.1. The molecule has 3 rings (SSSR count). The van der Waals surface area contributed by atoms with Crippen LogP contribution in [0.5, 0.6) is 5.75 Å². The lowest BCUT2D eigenvalue weighted by atomic mass is 10.1. The highest BCUT2D eigenvalue weighted by molar-refractivity contribution is 6.35. The van der Waals surface area contributed by atoms with Gasteiger partial charge in [-0.2, -0.15) is 0 Å². The van der Waals surface area contributed by atoms with Crippen LogP contribution in [0.2, 0.25) is 10.0 Å². The molecule has 1 heterocycles. The molecule has 3 amide bonds. The first-order valence-corrected chi connectivity index (χ1v) is 8.83. The van der Waals surface area contributed by atoms with E-state index in [-0.39, 0.29) is 12.3 Å². The molecule has 2 aromatic rings. The number of carbonyl (C=O) groups is 3. The number of imide groups is 1. The summed E-state index contributed by atoms with van der Waals surface area (Å²) in [6.07, 6.45) is 1.43. The Morgan fingerprint density at radius 3 is 2.64 bits per heavy atom. The molecule has 0 saturated carbocycles. The lowest BCUT2D eigenvalue weighted by molar-refractivity contribution is -0.140. The predicted molar refractivity (Wildman–Crippen MR) is 103 cm³/mol. The molecule has 0 bridgehead atoms. The van der Waals surface area contributed by atoms with Crippen molar-refractivity contribution < 1.29 is 24.2 Å². The molecule has 1 aliphatic rings. The van der Waals surface area contributed by atoms with E-state index in [0.29, 0.717) is 26.3 Å². The number of nitrogens with one attached hydrogen (secondary N) is 1. The molecular weight excluding hydrogens is 407 g/mol. The van der Waals surface area contributed by atoms with Gasteiger partial charge in [-0.1, -0.05) is 47.5 Å². The maximum Gasteiger partial charge on any atom is 0.329 e. The minimum Gasteiger partial charge on any atom is -0.488 e. The molecule has 9 heteroatoms. The van der Waals surface area contributed by atoms with E-state index in [4.69, 9.17) is 33.0 Å². The number of carbonyl (C=O) groups excluding carboxylic acids is 2. The molecule has 28 heavy (non-hydrogen) atoms. The van der Waals surface area contributed by atoms with Crippen LogP contribution in [-0.4, -0.2) is 34.5 Å². The molecule has 2 aromatic carbocycles. The minimum atomic E-state index is -1.28. The van der Waals surface area contributed by atoms with Crippen LogP contribution < -0.4 is 10.1 Å². The van der Waals surface area contributed by atoms with E-state index in [9.17, 15) is 14.4 Å². The van der Waals surface area contributed by atoms with Gasteiger partial charge in [0.1, 0.15) is 24.6 Å². The molecule has 0 unspecified atom stereocenters. The summed E-state index contributed by atoms with van der Waals surface area (Å²) in [7, 11) is 0. The average molecular weight is 421 g/mol. The Balaban J connectivity index is 1.80. The third-order valence-corrected chi connectivity index (χ3v) is 4.46. The fraction of sp³-hybridized carbons (Fsp3) is 0.105. The number of urea groups is 1. The van der Waals surface area contributed by atoms with Gasteiger partial charge in [-0.05, 0) is 24.3 Å². The smallest absolute Gasteiger partial charge is 0.329 e. The van der Waals surface area contributed by atoms with Crippen LogP contribution in [0.4, 0.5) is 4.79 Å². The highest BCUT2D eigenvalue weighted by atomic mass is 35.5. The van der Waals surface area contributed by atoms with Gasteiger partial charge in [0.05, 0.1) is 0 Å². The summed E-state index contributed by atoms with van der Waals surface area (Å²) in [6.45, 7) is -0.545. The Kier molecular flexibility index (Phi) is 5.87. The molecule has 1 fully saturated rings. The fourth-order valence-corrected chi connectivity index (χ4v) is 2.99. The molecule has 0 aliphatic carbocycles. The quantitative estimate of drug-likeness (QED) is 0.550. The summed E-state index contributed by atoms with van der Waals surface area (Å²) in [4.78, 5) is 35.5. The molecule has 2 N–H and O–H groups in total. The van der Waals surface area contributed by atoms with Gasteiger partial charge in [-0.15, -0.1) is 0 Å². The number of halogens is 2. The van der Waals surface area contributed by atoms with Crippen molar-refractivity contribution in [1.29, 1.82) is 0 Å². The second kappa shape index (κ2) is 8.33.